The highest BCUT2D eigenvalue weighted by atomic mass is 16.3. The van der Waals surface area contributed by atoms with Gasteiger partial charge in [0.15, 0.2) is 0 Å². The van der Waals surface area contributed by atoms with Crippen LogP contribution in [0.15, 0.2) is 60.7 Å². The van der Waals surface area contributed by atoms with Crippen LogP contribution in [0.1, 0.15) is 152 Å². The van der Waals surface area contributed by atoms with Crippen molar-refractivity contribution in [3.63, 3.8) is 0 Å². The Bertz CT molecular complexity index is 1870. The van der Waals surface area contributed by atoms with Crippen LogP contribution in [-0.2, 0) is 63.6 Å². The summed E-state index contributed by atoms with van der Waals surface area (Å²) in [6.45, 7) is 25.4. The van der Waals surface area contributed by atoms with Gasteiger partial charge in [-0.05, 0) is 102 Å². The summed E-state index contributed by atoms with van der Waals surface area (Å²) in [4.78, 5) is 26.0. The lowest BCUT2D eigenvalue weighted by Gasteiger charge is -2.28. The zero-order valence-electron chi connectivity index (χ0n) is 36.3. The number of phenolic OH excluding ortho intramolecular Hbond substituents is 4. The predicted molar refractivity (Wildman–Crippen MR) is 230 cm³/mol. The minimum atomic E-state index is -0.252. The second-order valence-corrected chi connectivity index (χ2v) is 19.7. The minimum Gasteiger partial charge on any atom is -0.508 e. The number of hydrogen-bond donors (Lipinski definition) is 6. The molecule has 0 unspecified atom stereocenters. The largest absolute Gasteiger partial charge is 0.508 e. The molecule has 4 rings (SSSR count). The van der Waals surface area contributed by atoms with Crippen molar-refractivity contribution in [3.8, 4) is 23.0 Å². The zero-order valence-corrected chi connectivity index (χ0v) is 36.3. The van der Waals surface area contributed by atoms with E-state index in [0.29, 0.717) is 35.5 Å². The van der Waals surface area contributed by atoms with Crippen LogP contribution in [0, 0.1) is 0 Å². The lowest BCUT2D eigenvalue weighted by molar-refractivity contribution is -0.122. The van der Waals surface area contributed by atoms with Crippen LogP contribution in [0.25, 0.3) is 0 Å². The lowest BCUT2D eigenvalue weighted by atomic mass is 9.78. The van der Waals surface area contributed by atoms with E-state index in [1.165, 1.54) is 0 Å². The number of nitrogens with one attached hydrogen (secondary N) is 2. The number of benzene rings is 4. The van der Waals surface area contributed by atoms with Crippen molar-refractivity contribution in [1.82, 2.24) is 10.6 Å². The number of hydrogen-bond acceptors (Lipinski definition) is 6. The molecule has 308 valence electrons. The number of rotatable bonds is 12. The number of carbonyl (C=O) groups excluding carboxylic acids is 2. The molecular weight excluding hydrogens is 713 g/mol. The van der Waals surface area contributed by atoms with Gasteiger partial charge in [0.05, 0.1) is 0 Å². The molecule has 4 aromatic carbocycles. The fraction of sp³-hybridized carbons (Fsp3) is 0.469. The van der Waals surface area contributed by atoms with Crippen molar-refractivity contribution in [2.75, 3.05) is 0 Å². The Morgan fingerprint density at radius 3 is 1.04 bits per heavy atom. The van der Waals surface area contributed by atoms with Crippen molar-refractivity contribution in [2.45, 2.75) is 150 Å². The van der Waals surface area contributed by atoms with E-state index in [1.54, 1.807) is 24.3 Å². The topological polar surface area (TPSA) is 139 Å². The van der Waals surface area contributed by atoms with Gasteiger partial charge in [-0.15, -0.1) is 0 Å². The summed E-state index contributed by atoms with van der Waals surface area (Å²) in [5, 5.41) is 49.6. The molecule has 0 aromatic heterocycles. The van der Waals surface area contributed by atoms with Gasteiger partial charge < -0.3 is 31.1 Å². The quantitative estimate of drug-likeness (QED) is 0.0847. The number of aromatic hydroxyl groups is 4. The molecule has 2 amide bonds. The minimum absolute atomic E-state index is 0.0817. The fourth-order valence-corrected chi connectivity index (χ4v) is 7.04. The molecule has 0 bridgehead atoms. The molecular formula is C49H66N2O6. The molecule has 57 heavy (non-hydrogen) atoms. The summed E-state index contributed by atoms with van der Waals surface area (Å²) >= 11 is 0. The maximum Gasteiger partial charge on any atom is 0.220 e. The summed E-state index contributed by atoms with van der Waals surface area (Å²) in [6.07, 6.45) is 1.88. The lowest BCUT2D eigenvalue weighted by Crippen LogP contribution is -2.23. The Balaban J connectivity index is 1.36. The van der Waals surface area contributed by atoms with Crippen LogP contribution in [0.4, 0.5) is 0 Å². The summed E-state index contributed by atoms with van der Waals surface area (Å²) < 4.78 is 0. The molecule has 0 radical (unpaired) electrons. The highest BCUT2D eigenvalue weighted by Gasteiger charge is 2.28. The van der Waals surface area contributed by atoms with E-state index < -0.39 is 0 Å². The Hall–Kier alpha value is -4.98. The summed E-state index contributed by atoms with van der Waals surface area (Å²) in [6, 6.07) is 18.4. The maximum atomic E-state index is 13.0. The first-order valence-electron chi connectivity index (χ1n) is 20.1. The van der Waals surface area contributed by atoms with E-state index >= 15 is 0 Å². The molecule has 0 fully saturated rings. The number of amides is 2. The van der Waals surface area contributed by atoms with Crippen LogP contribution < -0.4 is 10.6 Å². The van der Waals surface area contributed by atoms with Gasteiger partial charge in [0.25, 0.3) is 0 Å². The van der Waals surface area contributed by atoms with Gasteiger partial charge >= 0.3 is 0 Å². The van der Waals surface area contributed by atoms with Crippen molar-refractivity contribution in [1.29, 1.82) is 0 Å². The third-order valence-electron chi connectivity index (χ3n) is 10.5. The zero-order chi connectivity index (χ0) is 42.7. The molecule has 4 aromatic rings. The smallest absolute Gasteiger partial charge is 0.220 e. The van der Waals surface area contributed by atoms with Crippen molar-refractivity contribution < 1.29 is 30.0 Å². The van der Waals surface area contributed by atoms with Gasteiger partial charge in [0.2, 0.25) is 11.8 Å². The van der Waals surface area contributed by atoms with Crippen molar-refractivity contribution in [3.05, 3.63) is 116 Å². The molecule has 0 aliphatic heterocycles. The molecule has 0 saturated carbocycles. The van der Waals surface area contributed by atoms with E-state index in [9.17, 15) is 30.0 Å². The second kappa shape index (κ2) is 17.3. The third kappa shape index (κ3) is 12.0. The van der Waals surface area contributed by atoms with Crippen LogP contribution in [0.2, 0.25) is 0 Å². The van der Waals surface area contributed by atoms with Crippen LogP contribution >= 0.6 is 0 Å². The molecule has 8 heteroatoms. The predicted octanol–water partition coefficient (Wildman–Crippen LogP) is 9.79. The maximum absolute atomic E-state index is 13.0. The molecule has 0 saturated heterocycles. The molecule has 8 nitrogen and oxygen atoms in total. The molecule has 0 heterocycles. The first kappa shape index (κ1) is 44.7. The highest BCUT2D eigenvalue weighted by molar-refractivity contribution is 5.76. The van der Waals surface area contributed by atoms with Crippen LogP contribution in [0.3, 0.4) is 0 Å². The summed E-state index contributed by atoms with van der Waals surface area (Å²) in [5.41, 5.74) is 7.31. The third-order valence-corrected chi connectivity index (χ3v) is 10.5. The monoisotopic (exact) mass is 778 g/mol. The average Bonchev–Trinajstić information content (AvgIpc) is 3.09. The first-order valence-corrected chi connectivity index (χ1v) is 20.1. The number of carbonyl (C=O) groups is 2. The van der Waals surface area contributed by atoms with Gasteiger partial charge in [0.1, 0.15) is 23.0 Å². The van der Waals surface area contributed by atoms with Crippen molar-refractivity contribution in [2.24, 2.45) is 0 Å². The Morgan fingerprint density at radius 2 is 0.754 bits per heavy atom. The van der Waals surface area contributed by atoms with E-state index in [0.717, 1.165) is 44.5 Å². The number of aryl methyl sites for hydroxylation is 2. The van der Waals surface area contributed by atoms with Crippen LogP contribution in [-0.4, -0.2) is 32.2 Å². The molecule has 0 aliphatic rings. The van der Waals surface area contributed by atoms with E-state index in [1.807, 2.05) is 36.4 Å². The molecule has 6 N–H and O–H groups in total. The Morgan fingerprint density at radius 1 is 0.456 bits per heavy atom. The van der Waals surface area contributed by atoms with Gasteiger partial charge in [0, 0.05) is 32.4 Å². The van der Waals surface area contributed by atoms with Crippen molar-refractivity contribution >= 4 is 11.8 Å². The molecule has 0 atom stereocenters. The Kier molecular flexibility index (Phi) is 13.5. The Labute approximate surface area is 340 Å². The van der Waals surface area contributed by atoms with Gasteiger partial charge in [-0.3, -0.25) is 9.59 Å². The SMILES string of the molecule is CC(C)(C)c1cc(CCC(=O)NCc2ccc(O)c(Cc3cc(CNC(=O)CCc4cc(C(C)(C)C)c(O)c(C(C)(C)C)c4)ccc3O)c2)cc(C(C)(C)C)c1O. The summed E-state index contributed by atoms with van der Waals surface area (Å²) in [7, 11) is 0. The fourth-order valence-electron chi connectivity index (χ4n) is 7.04. The van der Waals surface area contributed by atoms with Crippen LogP contribution in [0.5, 0.6) is 23.0 Å². The highest BCUT2D eigenvalue weighted by Crippen LogP contribution is 2.41. The molecule has 0 spiro atoms. The van der Waals surface area contributed by atoms with Gasteiger partial charge in [-0.1, -0.05) is 132 Å². The second-order valence-electron chi connectivity index (χ2n) is 19.7. The standard InChI is InChI=1S/C49H66N2O6/c1-46(2,3)36-23-30(24-37(44(36)56)47(4,5)6)15-19-42(54)50-28-32-13-17-40(52)34(21-32)27-35-22-33(14-18-41(35)53)29-51-43(55)20-16-31-25-38(48(7,8)9)45(57)39(26-31)49(10,11)12/h13-14,17-18,21-26,52-53,56-57H,15-16,19-20,27-29H2,1-12H3,(H,50,54)(H,51,55). The molecule has 0 aliphatic carbocycles. The van der Waals surface area contributed by atoms with Gasteiger partial charge in [-0.2, -0.15) is 0 Å². The van der Waals surface area contributed by atoms with E-state index in [2.05, 4.69) is 93.7 Å². The number of phenols is 4. The summed E-state index contributed by atoms with van der Waals surface area (Å²) in [5.74, 6) is 0.595. The normalized spacial score (nSPS) is 12.4. The first-order chi connectivity index (χ1) is 26.2. The van der Waals surface area contributed by atoms with E-state index in [-0.39, 0.29) is 77.3 Å². The van der Waals surface area contributed by atoms with Gasteiger partial charge in [-0.25, -0.2) is 0 Å². The van der Waals surface area contributed by atoms with E-state index in [4.69, 9.17) is 0 Å². The average molecular weight is 779 g/mol.